The Morgan fingerprint density at radius 2 is 2.10 bits per heavy atom. The third-order valence-corrected chi connectivity index (χ3v) is 5.07. The van der Waals surface area contributed by atoms with Crippen LogP contribution < -0.4 is 0 Å². The summed E-state index contributed by atoms with van der Waals surface area (Å²) in [4.78, 5) is 28.5. The zero-order chi connectivity index (χ0) is 14.8. The molecule has 2 saturated heterocycles. The first-order valence-corrected chi connectivity index (χ1v) is 7.44. The Bertz CT molecular complexity index is 659. The van der Waals surface area contributed by atoms with Gasteiger partial charge in [-0.1, -0.05) is 31.2 Å². The number of hydrogen-bond acceptors (Lipinski definition) is 3. The Labute approximate surface area is 123 Å². The molecule has 2 amide bonds. The third kappa shape index (κ3) is 1.30. The average molecular weight is 286 g/mol. The molecule has 21 heavy (non-hydrogen) atoms. The summed E-state index contributed by atoms with van der Waals surface area (Å²) in [5.74, 6) is -0.955. The van der Waals surface area contributed by atoms with Gasteiger partial charge >= 0.3 is 0 Å². The Kier molecular flexibility index (Phi) is 2.35. The third-order valence-electron chi connectivity index (χ3n) is 5.07. The molecule has 1 aromatic rings. The van der Waals surface area contributed by atoms with Crippen molar-refractivity contribution in [2.24, 2.45) is 0 Å². The molecule has 110 valence electrons. The number of nitrogens with zero attached hydrogens (tertiary/aromatic N) is 2. The normalized spacial score (nSPS) is 33.1. The summed E-state index contributed by atoms with van der Waals surface area (Å²) >= 11 is 0. The van der Waals surface area contributed by atoms with Gasteiger partial charge in [-0.2, -0.15) is 0 Å². The van der Waals surface area contributed by atoms with Crippen molar-refractivity contribution in [2.45, 2.75) is 38.1 Å². The van der Waals surface area contributed by atoms with Gasteiger partial charge in [0.15, 0.2) is 5.60 Å². The summed E-state index contributed by atoms with van der Waals surface area (Å²) in [6.07, 6.45) is 1.13. The standard InChI is InChI=1S/C16H18N2O3/c1-3-15-13-7-5-4-6-12(13)10-16(21-15)17(11(2)19)8-9-18(16)14(15)20/h4-7H,3,8-10H2,1-2H3/t15-,16-/m0/s1. The van der Waals surface area contributed by atoms with Crippen molar-refractivity contribution in [3.05, 3.63) is 35.4 Å². The van der Waals surface area contributed by atoms with Crippen LogP contribution >= 0.6 is 0 Å². The van der Waals surface area contributed by atoms with E-state index >= 15 is 0 Å². The first kappa shape index (κ1) is 12.8. The summed E-state index contributed by atoms with van der Waals surface area (Å²) in [6.45, 7) is 4.60. The second-order valence-corrected chi connectivity index (χ2v) is 5.99. The molecule has 0 aliphatic carbocycles. The fourth-order valence-electron chi connectivity index (χ4n) is 4.14. The first-order chi connectivity index (χ1) is 10.0. The minimum Gasteiger partial charge on any atom is -0.316 e. The van der Waals surface area contributed by atoms with Gasteiger partial charge in [0.25, 0.3) is 5.91 Å². The monoisotopic (exact) mass is 286 g/mol. The molecule has 3 aliphatic rings. The zero-order valence-electron chi connectivity index (χ0n) is 12.3. The lowest BCUT2D eigenvalue weighted by Gasteiger charge is -2.42. The van der Waals surface area contributed by atoms with Crippen molar-refractivity contribution < 1.29 is 14.3 Å². The van der Waals surface area contributed by atoms with Gasteiger partial charge in [-0.25, -0.2) is 0 Å². The van der Waals surface area contributed by atoms with E-state index in [2.05, 4.69) is 0 Å². The Morgan fingerprint density at radius 1 is 1.33 bits per heavy atom. The highest BCUT2D eigenvalue weighted by Gasteiger charge is 2.69. The molecular weight excluding hydrogens is 268 g/mol. The molecule has 5 nitrogen and oxygen atoms in total. The van der Waals surface area contributed by atoms with Crippen molar-refractivity contribution in [2.75, 3.05) is 13.1 Å². The number of fused-ring (bicyclic) bond motifs is 3. The van der Waals surface area contributed by atoms with Crippen LogP contribution in [-0.4, -0.2) is 40.6 Å². The molecule has 0 unspecified atom stereocenters. The van der Waals surface area contributed by atoms with E-state index in [1.165, 1.54) is 0 Å². The number of benzene rings is 1. The number of carbonyl (C=O) groups is 2. The van der Waals surface area contributed by atoms with Crippen LogP contribution in [0.3, 0.4) is 0 Å². The van der Waals surface area contributed by atoms with Crippen molar-refractivity contribution >= 4 is 11.8 Å². The van der Waals surface area contributed by atoms with Gasteiger partial charge in [0.1, 0.15) is 0 Å². The predicted octanol–water partition coefficient (Wildman–Crippen LogP) is 1.22. The van der Waals surface area contributed by atoms with Gasteiger partial charge in [-0.15, -0.1) is 0 Å². The summed E-state index contributed by atoms with van der Waals surface area (Å²) in [5.41, 5.74) is 1.14. The fourth-order valence-corrected chi connectivity index (χ4v) is 4.14. The number of amides is 2. The number of ether oxygens (including phenoxy) is 1. The minimum atomic E-state index is -0.928. The fraction of sp³-hybridized carbons (Fsp3) is 0.500. The SMILES string of the molecule is CC[C@]12O[C@@]3(Cc4ccccc41)N(C(C)=O)CCN3C2=O. The van der Waals surface area contributed by atoms with Gasteiger partial charge in [-0.3, -0.25) is 19.4 Å². The zero-order valence-corrected chi connectivity index (χ0v) is 12.3. The molecular formula is C16H18N2O3. The van der Waals surface area contributed by atoms with E-state index in [0.29, 0.717) is 25.9 Å². The van der Waals surface area contributed by atoms with E-state index in [4.69, 9.17) is 4.74 Å². The van der Waals surface area contributed by atoms with Gasteiger partial charge in [0.2, 0.25) is 11.8 Å². The van der Waals surface area contributed by atoms with Crippen molar-refractivity contribution in [3.63, 3.8) is 0 Å². The largest absolute Gasteiger partial charge is 0.316 e. The quantitative estimate of drug-likeness (QED) is 0.780. The molecule has 2 atom stereocenters. The first-order valence-electron chi connectivity index (χ1n) is 7.44. The van der Waals surface area contributed by atoms with E-state index < -0.39 is 11.4 Å². The topological polar surface area (TPSA) is 49.9 Å². The molecule has 2 fully saturated rings. The lowest BCUT2D eigenvalue weighted by Crippen LogP contribution is -2.56. The average Bonchev–Trinajstić information content (AvgIpc) is 2.91. The molecule has 0 aromatic heterocycles. The Hall–Kier alpha value is -1.88. The maximum atomic E-state index is 13.0. The highest BCUT2D eigenvalue weighted by Crippen LogP contribution is 2.54. The second-order valence-electron chi connectivity index (χ2n) is 5.99. The van der Waals surface area contributed by atoms with Crippen LogP contribution in [0.1, 0.15) is 31.4 Å². The van der Waals surface area contributed by atoms with E-state index in [-0.39, 0.29) is 11.8 Å². The molecule has 0 saturated carbocycles. The van der Waals surface area contributed by atoms with Crippen LogP contribution in [-0.2, 0) is 26.3 Å². The summed E-state index contributed by atoms with van der Waals surface area (Å²) < 4.78 is 6.34. The van der Waals surface area contributed by atoms with E-state index in [1.807, 2.05) is 31.2 Å². The predicted molar refractivity (Wildman–Crippen MR) is 75.0 cm³/mol. The van der Waals surface area contributed by atoms with Crippen LogP contribution in [0.5, 0.6) is 0 Å². The Morgan fingerprint density at radius 3 is 2.81 bits per heavy atom. The highest BCUT2D eigenvalue weighted by atomic mass is 16.6. The maximum absolute atomic E-state index is 13.0. The lowest BCUT2D eigenvalue weighted by molar-refractivity contribution is -0.214. The molecule has 5 heteroatoms. The van der Waals surface area contributed by atoms with Crippen molar-refractivity contribution in [1.82, 2.24) is 9.80 Å². The number of hydrogen-bond donors (Lipinski definition) is 0. The van der Waals surface area contributed by atoms with E-state index in [1.54, 1.807) is 16.7 Å². The molecule has 3 aliphatic heterocycles. The highest BCUT2D eigenvalue weighted by molar-refractivity contribution is 5.92. The smallest absolute Gasteiger partial charge is 0.263 e. The lowest BCUT2D eigenvalue weighted by atomic mass is 9.84. The molecule has 0 radical (unpaired) electrons. The van der Waals surface area contributed by atoms with Crippen LogP contribution in [0.2, 0.25) is 0 Å². The maximum Gasteiger partial charge on any atom is 0.263 e. The van der Waals surface area contributed by atoms with Gasteiger partial charge < -0.3 is 4.74 Å². The van der Waals surface area contributed by atoms with Crippen molar-refractivity contribution in [3.8, 4) is 0 Å². The van der Waals surface area contributed by atoms with Crippen LogP contribution in [0.15, 0.2) is 24.3 Å². The molecule has 0 N–H and O–H groups in total. The van der Waals surface area contributed by atoms with Gasteiger partial charge in [-0.05, 0) is 17.5 Å². The number of carbonyl (C=O) groups excluding carboxylic acids is 2. The second kappa shape index (κ2) is 3.85. The van der Waals surface area contributed by atoms with Crippen LogP contribution in [0, 0.1) is 0 Å². The Balaban J connectivity index is 1.96. The molecule has 4 rings (SSSR count). The summed E-state index contributed by atoms with van der Waals surface area (Å²) in [6, 6.07) is 7.93. The van der Waals surface area contributed by atoms with Gasteiger partial charge in [0, 0.05) is 26.4 Å². The van der Waals surface area contributed by atoms with Crippen LogP contribution in [0.25, 0.3) is 0 Å². The van der Waals surface area contributed by atoms with Gasteiger partial charge in [0.05, 0.1) is 0 Å². The molecule has 3 heterocycles. The van der Waals surface area contributed by atoms with E-state index in [9.17, 15) is 9.59 Å². The van der Waals surface area contributed by atoms with Crippen LogP contribution in [0.4, 0.5) is 0 Å². The number of rotatable bonds is 1. The summed E-state index contributed by atoms with van der Waals surface area (Å²) in [7, 11) is 0. The summed E-state index contributed by atoms with van der Waals surface area (Å²) in [5, 5.41) is 0. The minimum absolute atomic E-state index is 0.00120. The molecule has 2 bridgehead atoms. The molecule has 1 aromatic carbocycles. The van der Waals surface area contributed by atoms with E-state index in [0.717, 1.165) is 11.1 Å². The molecule has 1 spiro atoms. The van der Waals surface area contributed by atoms with Crippen molar-refractivity contribution in [1.29, 1.82) is 0 Å².